The van der Waals surface area contributed by atoms with Gasteiger partial charge in [-0.1, -0.05) is 12.1 Å². The molecule has 0 bridgehead atoms. The van der Waals surface area contributed by atoms with Crippen molar-refractivity contribution in [3.8, 4) is 11.3 Å². The van der Waals surface area contributed by atoms with Crippen LogP contribution >= 0.6 is 0 Å². The molecule has 1 aliphatic rings. The Kier molecular flexibility index (Phi) is 5.40. The van der Waals surface area contributed by atoms with Crippen LogP contribution in [0.2, 0.25) is 0 Å². The molecular weight excluding hydrogens is 321 g/mol. The van der Waals surface area contributed by atoms with Gasteiger partial charge in [0.05, 0.1) is 0 Å². The van der Waals surface area contributed by atoms with Gasteiger partial charge in [-0.3, -0.25) is 14.7 Å². The lowest BCUT2D eigenvalue weighted by molar-refractivity contribution is 0.0500. The van der Waals surface area contributed by atoms with Gasteiger partial charge in [0.1, 0.15) is 11.5 Å². The lowest BCUT2D eigenvalue weighted by Gasteiger charge is -2.39. The average Bonchev–Trinajstić information content (AvgIpc) is 2.64. The first-order valence-electron chi connectivity index (χ1n) is 8.41. The Morgan fingerprint density at radius 3 is 2.72 bits per heavy atom. The van der Waals surface area contributed by atoms with Gasteiger partial charge in [-0.15, -0.1) is 0 Å². The fraction of sp³-hybridized carbons (Fsp3) is 0.368. The molecule has 1 aromatic carbocycles. The zero-order valence-corrected chi connectivity index (χ0v) is 14.2. The Labute approximate surface area is 146 Å². The Morgan fingerprint density at radius 1 is 1.28 bits per heavy atom. The van der Waals surface area contributed by atoms with Gasteiger partial charge in [0.25, 0.3) is 5.91 Å². The molecule has 1 aliphatic heterocycles. The second-order valence-corrected chi connectivity index (χ2v) is 6.31. The highest BCUT2D eigenvalue weighted by Crippen LogP contribution is 2.21. The van der Waals surface area contributed by atoms with Crippen molar-refractivity contribution < 1.29 is 14.3 Å². The molecule has 25 heavy (non-hydrogen) atoms. The number of likely N-dealkylation sites (N-methyl/N-ethyl adjacent to an activating group) is 1. The first-order valence-corrected chi connectivity index (χ1v) is 8.41. The monoisotopic (exact) mass is 343 g/mol. The Hall–Kier alpha value is -2.31. The second kappa shape index (κ2) is 7.72. The smallest absolute Gasteiger partial charge is 0.253 e. The third kappa shape index (κ3) is 3.86. The summed E-state index contributed by atoms with van der Waals surface area (Å²) in [6.07, 6.45) is 2.20. The van der Waals surface area contributed by atoms with Crippen LogP contribution in [0.4, 0.5) is 4.39 Å². The summed E-state index contributed by atoms with van der Waals surface area (Å²) < 4.78 is 13.8. The molecule has 1 aromatic heterocycles. The van der Waals surface area contributed by atoms with Crippen molar-refractivity contribution in [2.45, 2.75) is 12.5 Å². The van der Waals surface area contributed by atoms with Crippen LogP contribution in [0, 0.1) is 5.82 Å². The first-order chi connectivity index (χ1) is 12.1. The van der Waals surface area contributed by atoms with Crippen molar-refractivity contribution in [3.63, 3.8) is 0 Å². The highest BCUT2D eigenvalue weighted by Gasteiger charge is 2.27. The summed E-state index contributed by atoms with van der Waals surface area (Å²) in [5.41, 5.74) is 1.50. The highest BCUT2D eigenvalue weighted by molar-refractivity contribution is 5.94. The molecule has 5 nitrogen and oxygen atoms in total. The zero-order chi connectivity index (χ0) is 17.8. The molecule has 0 aliphatic carbocycles. The van der Waals surface area contributed by atoms with E-state index in [0.717, 1.165) is 6.54 Å². The molecular formula is C19H22FN3O2. The second-order valence-electron chi connectivity index (χ2n) is 6.31. The van der Waals surface area contributed by atoms with Crippen molar-refractivity contribution >= 4 is 5.91 Å². The summed E-state index contributed by atoms with van der Waals surface area (Å²) in [5.74, 6) is -0.420. The topological polar surface area (TPSA) is 56.7 Å². The summed E-state index contributed by atoms with van der Waals surface area (Å²) >= 11 is 0. The van der Waals surface area contributed by atoms with Crippen LogP contribution in [-0.2, 0) is 0 Å². The molecule has 0 saturated carbocycles. The van der Waals surface area contributed by atoms with Crippen LogP contribution in [0.15, 0.2) is 42.6 Å². The maximum Gasteiger partial charge on any atom is 0.253 e. The zero-order valence-electron chi connectivity index (χ0n) is 14.2. The van der Waals surface area contributed by atoms with E-state index in [0.29, 0.717) is 30.6 Å². The molecule has 1 amide bonds. The largest absolute Gasteiger partial charge is 0.396 e. The van der Waals surface area contributed by atoms with E-state index < -0.39 is 0 Å². The van der Waals surface area contributed by atoms with Crippen molar-refractivity contribution in [2.75, 3.05) is 33.3 Å². The molecule has 2 heterocycles. The van der Waals surface area contributed by atoms with Crippen LogP contribution in [0.1, 0.15) is 16.8 Å². The van der Waals surface area contributed by atoms with Crippen molar-refractivity contribution in [1.29, 1.82) is 0 Å². The Bertz CT molecular complexity index is 736. The summed E-state index contributed by atoms with van der Waals surface area (Å²) in [4.78, 5) is 20.8. The van der Waals surface area contributed by atoms with Crippen LogP contribution < -0.4 is 0 Å². The summed E-state index contributed by atoms with van der Waals surface area (Å²) in [6, 6.07) is 9.96. The summed E-state index contributed by atoms with van der Waals surface area (Å²) in [6.45, 7) is 2.16. The van der Waals surface area contributed by atoms with Gasteiger partial charge in [-0.25, -0.2) is 4.39 Å². The number of benzene rings is 1. The van der Waals surface area contributed by atoms with Crippen LogP contribution in [-0.4, -0.2) is 65.1 Å². The third-order valence-corrected chi connectivity index (χ3v) is 4.69. The molecule has 0 radical (unpaired) electrons. The number of aliphatic hydroxyl groups is 1. The maximum atomic E-state index is 13.8. The van der Waals surface area contributed by atoms with E-state index in [1.807, 2.05) is 11.9 Å². The lowest BCUT2D eigenvalue weighted by Crippen LogP contribution is -2.53. The molecule has 0 spiro atoms. The van der Waals surface area contributed by atoms with E-state index in [9.17, 15) is 14.3 Å². The Balaban J connectivity index is 1.74. The van der Waals surface area contributed by atoms with E-state index >= 15 is 0 Å². The molecule has 2 aromatic rings. The standard InChI is InChI=1S/C19H22FN3O2/c1-22-10-11-23(13-16(22)8-12-24)19(25)15-6-4-14(5-7-15)18-17(20)3-2-9-21-18/h2-7,9,16,24H,8,10-13H2,1H3. The average molecular weight is 343 g/mol. The van der Waals surface area contributed by atoms with Crippen molar-refractivity contribution in [1.82, 2.24) is 14.8 Å². The minimum atomic E-state index is -0.382. The van der Waals surface area contributed by atoms with Crippen molar-refractivity contribution in [3.05, 3.63) is 54.0 Å². The molecule has 132 valence electrons. The Morgan fingerprint density at radius 2 is 2.04 bits per heavy atom. The van der Waals surface area contributed by atoms with E-state index in [-0.39, 0.29) is 30.1 Å². The molecule has 3 rings (SSSR count). The number of aromatic nitrogens is 1. The van der Waals surface area contributed by atoms with E-state index in [1.54, 1.807) is 36.5 Å². The fourth-order valence-electron chi connectivity index (χ4n) is 3.14. The minimum Gasteiger partial charge on any atom is -0.396 e. The number of piperazine rings is 1. The number of carbonyl (C=O) groups excluding carboxylic acids is 1. The predicted octanol–water partition coefficient (Wildman–Crippen LogP) is 2.03. The number of halogens is 1. The van der Waals surface area contributed by atoms with Crippen LogP contribution in [0.25, 0.3) is 11.3 Å². The number of nitrogens with zero attached hydrogens (tertiary/aromatic N) is 3. The fourth-order valence-corrected chi connectivity index (χ4v) is 3.14. The number of aliphatic hydroxyl groups excluding tert-OH is 1. The van der Waals surface area contributed by atoms with Gasteiger partial charge in [0.15, 0.2) is 0 Å². The molecule has 1 fully saturated rings. The van der Waals surface area contributed by atoms with Gasteiger partial charge in [-0.05, 0) is 37.7 Å². The summed E-state index contributed by atoms with van der Waals surface area (Å²) in [5, 5.41) is 9.17. The summed E-state index contributed by atoms with van der Waals surface area (Å²) in [7, 11) is 2.01. The van der Waals surface area contributed by atoms with E-state index in [2.05, 4.69) is 9.88 Å². The first kappa shape index (κ1) is 17.5. The normalized spacial score (nSPS) is 18.4. The quantitative estimate of drug-likeness (QED) is 0.923. The molecule has 1 saturated heterocycles. The van der Waals surface area contributed by atoms with Crippen molar-refractivity contribution in [2.24, 2.45) is 0 Å². The molecule has 1 atom stereocenters. The highest BCUT2D eigenvalue weighted by atomic mass is 19.1. The van der Waals surface area contributed by atoms with Gasteiger partial charge >= 0.3 is 0 Å². The van der Waals surface area contributed by atoms with E-state index in [1.165, 1.54) is 6.07 Å². The number of amides is 1. The van der Waals surface area contributed by atoms with Crippen LogP contribution in [0.3, 0.4) is 0 Å². The molecule has 6 heteroatoms. The number of hydrogen-bond acceptors (Lipinski definition) is 4. The van der Waals surface area contributed by atoms with Gasteiger partial charge in [0, 0.05) is 49.6 Å². The SMILES string of the molecule is CN1CCN(C(=O)c2ccc(-c3ncccc3F)cc2)CC1CCO. The number of rotatable bonds is 4. The third-order valence-electron chi connectivity index (χ3n) is 4.69. The molecule has 1 N–H and O–H groups in total. The number of hydrogen-bond donors (Lipinski definition) is 1. The van der Waals surface area contributed by atoms with Gasteiger partial charge in [-0.2, -0.15) is 0 Å². The number of pyridine rings is 1. The van der Waals surface area contributed by atoms with Crippen LogP contribution in [0.5, 0.6) is 0 Å². The maximum absolute atomic E-state index is 13.8. The predicted molar refractivity (Wildman–Crippen MR) is 93.7 cm³/mol. The van der Waals surface area contributed by atoms with E-state index in [4.69, 9.17) is 0 Å². The molecule has 1 unspecified atom stereocenters. The number of carbonyl (C=O) groups is 1. The lowest BCUT2D eigenvalue weighted by atomic mass is 10.1. The van der Waals surface area contributed by atoms with Gasteiger partial charge in [0.2, 0.25) is 0 Å². The minimum absolute atomic E-state index is 0.0379. The van der Waals surface area contributed by atoms with Gasteiger partial charge < -0.3 is 10.0 Å².